The third-order valence-corrected chi connectivity index (χ3v) is 28.5. The van der Waals surface area contributed by atoms with Gasteiger partial charge in [0.15, 0.2) is 0 Å². The van der Waals surface area contributed by atoms with Crippen LogP contribution in [0.25, 0.3) is 0 Å². The molecule has 0 aromatic heterocycles. The molecule has 98 heavy (non-hydrogen) atoms. The first-order valence-electron chi connectivity index (χ1n) is 34.4. The molecule has 0 radical (unpaired) electrons. The van der Waals surface area contributed by atoms with E-state index in [1.807, 2.05) is 33.8 Å². The topological polar surface area (TPSA) is 297 Å². The van der Waals surface area contributed by atoms with E-state index in [-0.39, 0.29) is 65.0 Å². The largest absolute Gasteiger partial charge is 1.00 e. The minimum absolute atomic E-state index is 0. The van der Waals surface area contributed by atoms with Gasteiger partial charge in [0.05, 0.1) is 89.6 Å². The summed E-state index contributed by atoms with van der Waals surface area (Å²) in [7, 11) is -9.83. The van der Waals surface area contributed by atoms with Gasteiger partial charge in [0.1, 0.15) is 40.2 Å². The van der Waals surface area contributed by atoms with Crippen LogP contribution >= 0.6 is 0 Å². The van der Waals surface area contributed by atoms with Gasteiger partial charge in [-0.1, -0.05) is 56.4 Å². The Hall–Kier alpha value is 0.180. The molecule has 0 aliphatic carbocycles. The second kappa shape index (κ2) is 24.9. The van der Waals surface area contributed by atoms with Crippen LogP contribution in [-0.4, -0.2) is 181 Å². The first kappa shape index (κ1) is 85.4. The van der Waals surface area contributed by atoms with Crippen LogP contribution in [0.4, 0.5) is 0 Å². The van der Waals surface area contributed by atoms with Crippen molar-refractivity contribution in [3.05, 3.63) is 62.0 Å². The van der Waals surface area contributed by atoms with E-state index in [1.54, 1.807) is 19.1 Å². The van der Waals surface area contributed by atoms with Gasteiger partial charge >= 0.3 is 59.1 Å². The smallest absolute Gasteiger partial charge is 0.726 e. The molecule has 0 aromatic carbocycles. The van der Waals surface area contributed by atoms with Gasteiger partial charge in [-0.3, -0.25) is 15.0 Å². The van der Waals surface area contributed by atoms with Crippen LogP contribution in [0, 0.1) is 18.8 Å². The molecule has 11 aliphatic rings. The molecule has 11 saturated heterocycles. The van der Waals surface area contributed by atoms with E-state index >= 15 is 0 Å². The Morgan fingerprint density at radius 2 is 0.878 bits per heavy atom. The molecular formula is C73H118Na2O21S2-2. The second-order valence-corrected chi connectivity index (χ2v) is 37.7. The molecule has 4 N–H and O–H groups in total. The summed E-state index contributed by atoms with van der Waals surface area (Å²) < 4.78 is 151. The maximum atomic E-state index is 13.5. The van der Waals surface area contributed by atoms with Gasteiger partial charge in [0.2, 0.25) is 20.8 Å². The summed E-state index contributed by atoms with van der Waals surface area (Å²) in [6.45, 7) is 68.8. The Balaban J connectivity index is 0.00000105. The zero-order valence-electron chi connectivity index (χ0n) is 64.2. The van der Waals surface area contributed by atoms with Crippen LogP contribution in [0.5, 0.6) is 0 Å². The van der Waals surface area contributed by atoms with Crippen LogP contribution in [0.1, 0.15) is 256 Å². The standard InChI is InChI=1S/C73H116O13.2Na.2H2O4S/c1-29-31-46(3)32-34-52(7,75)50-47(4)38-57(12)59(14,76-50)40-69(24)72(27,85-57)51(74)73(28)70(25,84-69)45-68(23)71(26,86-73)48(5)33-35-54(9)60(15,83-68)41-61(16)55(10,78-54)36-37-56(11)62(17,81-61)42-66(21)64(19,79-56)44-65(20)67(22,82-66)43-63(18)58(13,80-65)39-49(6)53(8,30-2)77-63;;;2*1-5(2,3)4/h29,32,34,48,50-51,74-75H,1-4,30-31,33,35-45H2,5-28H3;;;2*(H2,1,2,3,4)/q-2;2*+1;;/p-2/b34-32+;;;;/t48-,50?,51-,52+,53+,54-,55+,56-,57-,58+,59+,60+,61-,62+,63-,64+,65-,66-,67+,68-,69-,70+,71+,72+,73-;;;;/m0..../s1. The molecular weight excluding hydrogens is 1320 g/mol. The molecule has 11 fully saturated rings. The summed E-state index contributed by atoms with van der Waals surface area (Å²) in [6, 6.07) is 0. The summed E-state index contributed by atoms with van der Waals surface area (Å²) in [4.78, 5) is 0. The zero-order chi connectivity index (χ0) is 73.3. The minimum Gasteiger partial charge on any atom is -0.726 e. The molecule has 0 saturated carbocycles. The number of rotatable bonds is 6. The van der Waals surface area contributed by atoms with Crippen molar-refractivity contribution in [2.75, 3.05) is 0 Å². The predicted octanol–water partition coefficient (Wildman–Crippen LogP) is 6.13. The fourth-order valence-electron chi connectivity index (χ4n) is 21.1. The summed E-state index contributed by atoms with van der Waals surface area (Å²) in [5, 5.41) is 25.6. The summed E-state index contributed by atoms with van der Waals surface area (Å²) in [5.74, 6) is 1.20. The maximum absolute atomic E-state index is 13.5. The summed E-state index contributed by atoms with van der Waals surface area (Å²) in [6.07, 6.45) is 11.7. The molecule has 11 rings (SSSR count). The van der Waals surface area contributed by atoms with Gasteiger partial charge in [0.25, 0.3) is 0 Å². The first-order valence-corrected chi connectivity index (χ1v) is 37.1. The number of fused-ring (bicyclic) bond motifs is 10. The molecule has 1 unspecified atom stereocenters. The van der Waals surface area contributed by atoms with Crippen molar-refractivity contribution in [1.29, 1.82) is 0 Å². The normalized spacial score (nSPS) is 54.9. The number of ether oxygens (including phenoxy) is 11. The SMILES string of the molecule is C=CCC(=C)/C=C/[C@@](C)(O)C1O[C@]2(C)C[C@]3(C)O[C@]4(C)C[C@]5(C)O[C@]6(C)C[C@]7(C)O[C@]8(C)C[C@]9(C)O[C@]%10(C)C[C@]%11(C)O[C@](C)(C[CH2-])[C-](C)C[C@@]%11(C)O[C@@]%10(C)C[C@@]9(C)O[C@@]8(C)CC[C@@]7(C)O[C@@]6(C)CC[C@H](C)[C@@]5(C)O[C@@]4(C)[C@@H](O)[C@@]3(C)O[C@@]2(C)CC1=C.O=S(=O)([O-])O.O=S(=O)([O-])O.[Na+].[Na+]. The van der Waals surface area contributed by atoms with E-state index in [0.717, 1.165) is 18.4 Å². The average molecular weight is 1440 g/mol. The van der Waals surface area contributed by atoms with Crippen molar-refractivity contribution in [3.8, 4) is 0 Å². The van der Waals surface area contributed by atoms with Crippen LogP contribution in [0.2, 0.25) is 0 Å². The monoisotopic (exact) mass is 1440 g/mol. The molecule has 0 bridgehead atoms. The van der Waals surface area contributed by atoms with Crippen LogP contribution < -0.4 is 59.1 Å². The Morgan fingerprint density at radius 3 is 1.31 bits per heavy atom. The first-order chi connectivity index (χ1) is 42.7. The fourth-order valence-corrected chi connectivity index (χ4v) is 21.1. The molecule has 552 valence electrons. The number of aliphatic hydroxyl groups excluding tert-OH is 1. The zero-order valence-corrected chi connectivity index (χ0v) is 69.9. The van der Waals surface area contributed by atoms with Crippen molar-refractivity contribution in [1.82, 2.24) is 0 Å². The van der Waals surface area contributed by atoms with E-state index in [9.17, 15) is 10.2 Å². The van der Waals surface area contributed by atoms with Crippen LogP contribution in [0.15, 0.2) is 49.1 Å². The minimum atomic E-state index is -4.92. The van der Waals surface area contributed by atoms with Crippen LogP contribution in [0.3, 0.4) is 0 Å². The van der Waals surface area contributed by atoms with E-state index in [2.05, 4.69) is 158 Å². The maximum Gasteiger partial charge on any atom is 1.00 e. The Kier molecular flexibility index (Phi) is 21.7. The Bertz CT molecular complexity index is 3390. The average Bonchev–Trinajstić information content (AvgIpc) is 0.870. The second-order valence-electron chi connectivity index (χ2n) is 36.0. The van der Waals surface area contributed by atoms with Crippen molar-refractivity contribution in [2.45, 2.75) is 391 Å². The van der Waals surface area contributed by atoms with E-state index in [0.29, 0.717) is 82.6 Å². The number of allylic oxidation sites excluding steroid dienone is 3. The Labute approximate surface area is 631 Å². The Morgan fingerprint density at radius 1 is 0.551 bits per heavy atom. The van der Waals surface area contributed by atoms with Gasteiger partial charge in [-0.2, -0.15) is 13.3 Å². The van der Waals surface area contributed by atoms with Crippen molar-refractivity contribution < 1.29 is 156 Å². The molecule has 0 spiro atoms. The van der Waals surface area contributed by atoms with E-state index in [1.165, 1.54) is 5.92 Å². The summed E-state index contributed by atoms with van der Waals surface area (Å²) >= 11 is 0. The van der Waals surface area contributed by atoms with Gasteiger partial charge in [0, 0.05) is 44.9 Å². The van der Waals surface area contributed by atoms with Gasteiger partial charge in [-0.05, 0) is 189 Å². The van der Waals surface area contributed by atoms with Crippen molar-refractivity contribution in [2.24, 2.45) is 5.92 Å². The van der Waals surface area contributed by atoms with E-state index < -0.39 is 156 Å². The fraction of sp³-hybridized carbons (Fsp3) is 0.863. The number of hydrogen-bond acceptors (Lipinski definition) is 19. The molecule has 11 aliphatic heterocycles. The molecule has 11 heterocycles. The molecule has 25 atom stereocenters. The quantitative estimate of drug-likeness (QED) is 0.0581. The van der Waals surface area contributed by atoms with Crippen molar-refractivity contribution in [3.63, 3.8) is 0 Å². The third kappa shape index (κ3) is 12.9. The van der Waals surface area contributed by atoms with Gasteiger partial charge in [-0.25, -0.2) is 16.8 Å². The molecule has 21 nitrogen and oxygen atoms in total. The molecule has 0 aromatic rings. The third-order valence-electron chi connectivity index (χ3n) is 28.5. The molecule has 0 amide bonds. The predicted molar refractivity (Wildman–Crippen MR) is 359 cm³/mol. The van der Waals surface area contributed by atoms with Crippen molar-refractivity contribution >= 4 is 20.8 Å². The number of hydrogen-bond donors (Lipinski definition) is 4. The number of aliphatic hydroxyl groups is 2. The van der Waals surface area contributed by atoms with E-state index in [4.69, 9.17) is 87.2 Å². The summed E-state index contributed by atoms with van der Waals surface area (Å²) in [5.41, 5.74) is -18.4. The molecule has 25 heteroatoms. The van der Waals surface area contributed by atoms with Crippen LogP contribution in [-0.2, 0) is 72.9 Å². The van der Waals surface area contributed by atoms with Gasteiger partial charge < -0.3 is 78.3 Å². The van der Waals surface area contributed by atoms with Gasteiger partial charge in [-0.15, -0.1) is 13.0 Å².